The Hall–Kier alpha value is -2.65. The second kappa shape index (κ2) is 10.4. The van der Waals surface area contributed by atoms with Gasteiger partial charge in [0, 0.05) is 0 Å². The first-order chi connectivity index (χ1) is 14.1. The van der Waals surface area contributed by atoms with E-state index in [1.165, 1.54) is 39.0 Å². The number of carbonyl (C=O) groups excluding carboxylic acids is 3. The Balaban J connectivity index is 2.20. The molecule has 0 aliphatic heterocycles. The number of carbonyl (C=O) groups is 3. The van der Waals surface area contributed by atoms with E-state index in [-0.39, 0.29) is 28.3 Å². The van der Waals surface area contributed by atoms with Crippen molar-refractivity contribution in [2.24, 2.45) is 5.92 Å². The molecule has 1 unspecified atom stereocenters. The number of hydrogen-bond donors (Lipinski definition) is 0. The Kier molecular flexibility index (Phi) is 8.19. The minimum absolute atomic E-state index is 0.146. The van der Waals surface area contributed by atoms with Gasteiger partial charge in [0.05, 0.1) is 0 Å². The second-order valence-electron chi connectivity index (χ2n) is 6.85. The summed E-state index contributed by atoms with van der Waals surface area (Å²) in [4.78, 5) is 45.1. The van der Waals surface area contributed by atoms with Crippen LogP contribution < -0.4 is 4.46 Å². The maximum atomic E-state index is 12.8. The van der Waals surface area contributed by atoms with E-state index in [4.69, 9.17) is 14.2 Å². The van der Waals surface area contributed by atoms with E-state index in [1.54, 1.807) is 6.07 Å². The number of nitro benzene ring substituents is 1. The maximum absolute atomic E-state index is 12.8. The van der Waals surface area contributed by atoms with Gasteiger partial charge in [0.1, 0.15) is 0 Å². The number of nitrogens with zero attached hydrogens (tertiary/aromatic N) is 1. The molecule has 0 heterocycles. The molecule has 1 aliphatic rings. The van der Waals surface area contributed by atoms with Gasteiger partial charge in [-0.3, -0.25) is 0 Å². The standard InChI is InChI=1S/C19H23NO9Se/c1-11(21)27-16-10-14(18(28-12(2)22)19(16)29-13(3)23)8-9-30(26)17-7-5-4-6-15(17)20(24)25/h4-7,14,16,18-19H,8-10H2,1-3H3/t14-,16-,18+,19+,30?/m0/s1. The van der Waals surface area contributed by atoms with Crippen LogP contribution in [0.1, 0.15) is 33.6 Å². The third-order valence-electron chi connectivity index (χ3n) is 4.59. The van der Waals surface area contributed by atoms with Gasteiger partial charge in [-0.15, -0.1) is 0 Å². The Labute approximate surface area is 177 Å². The number of nitro groups is 1. The minimum atomic E-state index is -2.77. The average molecular weight is 488 g/mol. The zero-order valence-corrected chi connectivity index (χ0v) is 18.5. The molecule has 0 radical (unpaired) electrons. The average Bonchev–Trinajstić information content (AvgIpc) is 2.94. The van der Waals surface area contributed by atoms with Crippen LogP contribution in [0.5, 0.6) is 0 Å². The Bertz CT molecular complexity index is 856. The summed E-state index contributed by atoms with van der Waals surface area (Å²) >= 11 is -2.77. The zero-order valence-electron chi connectivity index (χ0n) is 16.8. The first kappa shape index (κ1) is 23.6. The van der Waals surface area contributed by atoms with Gasteiger partial charge in [0.25, 0.3) is 0 Å². The van der Waals surface area contributed by atoms with Crippen molar-refractivity contribution in [2.45, 2.75) is 57.2 Å². The summed E-state index contributed by atoms with van der Waals surface area (Å²) in [5.41, 5.74) is -0.198. The third kappa shape index (κ3) is 6.17. The molecule has 0 spiro atoms. The molecule has 0 bridgehead atoms. The van der Waals surface area contributed by atoms with Crippen molar-refractivity contribution in [1.82, 2.24) is 0 Å². The van der Waals surface area contributed by atoms with Crippen LogP contribution >= 0.6 is 0 Å². The molecular weight excluding hydrogens is 465 g/mol. The molecule has 2 rings (SSSR count). The molecule has 1 saturated carbocycles. The van der Waals surface area contributed by atoms with Crippen LogP contribution in [-0.4, -0.2) is 55.0 Å². The van der Waals surface area contributed by atoms with Crippen molar-refractivity contribution in [1.29, 1.82) is 0 Å². The van der Waals surface area contributed by atoms with Gasteiger partial charge in [-0.1, -0.05) is 0 Å². The summed E-state index contributed by atoms with van der Waals surface area (Å²) in [5.74, 6) is -2.19. The quantitative estimate of drug-likeness (QED) is 0.175. The molecule has 1 aromatic carbocycles. The first-order valence-corrected chi connectivity index (χ1v) is 12.0. The monoisotopic (exact) mass is 489 g/mol. The Morgan fingerprint density at radius 3 is 2.17 bits per heavy atom. The van der Waals surface area contributed by atoms with Gasteiger partial charge in [0.15, 0.2) is 0 Å². The van der Waals surface area contributed by atoms with Crippen molar-refractivity contribution in [3.8, 4) is 0 Å². The number of rotatable bonds is 8. The predicted molar refractivity (Wildman–Crippen MR) is 103 cm³/mol. The molecule has 0 N–H and O–H groups in total. The Morgan fingerprint density at radius 2 is 1.60 bits per heavy atom. The van der Waals surface area contributed by atoms with E-state index >= 15 is 0 Å². The number of benzene rings is 1. The number of para-hydroxylation sites is 1. The summed E-state index contributed by atoms with van der Waals surface area (Å²) < 4.78 is 28.8. The van der Waals surface area contributed by atoms with Gasteiger partial charge in [0.2, 0.25) is 0 Å². The fourth-order valence-corrected chi connectivity index (χ4v) is 6.33. The summed E-state index contributed by atoms with van der Waals surface area (Å²) in [5, 5.41) is 11.3. The second-order valence-corrected chi connectivity index (χ2v) is 10.1. The molecule has 0 saturated heterocycles. The van der Waals surface area contributed by atoms with Crippen molar-refractivity contribution in [2.75, 3.05) is 0 Å². The predicted octanol–water partition coefficient (Wildman–Crippen LogP) is 1.43. The zero-order chi connectivity index (χ0) is 22.4. The van der Waals surface area contributed by atoms with Crippen molar-refractivity contribution in [3.63, 3.8) is 0 Å². The van der Waals surface area contributed by atoms with Crippen LogP contribution in [0.2, 0.25) is 5.32 Å². The SMILES string of the molecule is CC(=O)O[C@@H]1[C@@H](CC[Se](=O)c2ccccc2[N+](=O)[O-])C[C@H](OC(C)=O)[C@H]1OC(C)=O. The molecule has 0 aromatic heterocycles. The van der Waals surface area contributed by atoms with Gasteiger partial charge in [-0.2, -0.15) is 0 Å². The summed E-state index contributed by atoms with van der Waals surface area (Å²) in [7, 11) is 0. The summed E-state index contributed by atoms with van der Waals surface area (Å²) in [6, 6.07) is 5.86. The van der Waals surface area contributed by atoms with Gasteiger partial charge < -0.3 is 0 Å². The normalized spacial score (nSPS) is 24.0. The van der Waals surface area contributed by atoms with Gasteiger partial charge in [-0.25, -0.2) is 0 Å². The molecule has 1 aliphatic carbocycles. The molecule has 5 atom stereocenters. The van der Waals surface area contributed by atoms with Gasteiger partial charge >= 0.3 is 177 Å². The van der Waals surface area contributed by atoms with Crippen LogP contribution in [0.3, 0.4) is 0 Å². The molecule has 0 amide bonds. The number of esters is 3. The van der Waals surface area contributed by atoms with Crippen molar-refractivity contribution in [3.05, 3.63) is 34.4 Å². The van der Waals surface area contributed by atoms with E-state index in [1.807, 2.05) is 0 Å². The summed E-state index contributed by atoms with van der Waals surface area (Å²) in [6.07, 6.45) is -2.13. The van der Waals surface area contributed by atoms with E-state index in [9.17, 15) is 28.3 Å². The van der Waals surface area contributed by atoms with E-state index in [0.29, 0.717) is 0 Å². The first-order valence-electron chi connectivity index (χ1n) is 9.23. The van der Waals surface area contributed by atoms with Crippen LogP contribution in [0.4, 0.5) is 5.69 Å². The fourth-order valence-electron chi connectivity index (χ4n) is 3.52. The Morgan fingerprint density at radius 1 is 1.03 bits per heavy atom. The van der Waals surface area contributed by atoms with E-state index in [0.717, 1.165) is 0 Å². The number of hydrogen-bond acceptors (Lipinski definition) is 9. The molecule has 164 valence electrons. The molecule has 10 nitrogen and oxygen atoms in total. The van der Waals surface area contributed by atoms with Crippen LogP contribution in [0, 0.1) is 16.0 Å². The molecule has 1 fully saturated rings. The van der Waals surface area contributed by atoms with E-state index < -0.39 is 60.9 Å². The van der Waals surface area contributed by atoms with Crippen LogP contribution in [-0.2, 0) is 32.4 Å². The van der Waals surface area contributed by atoms with Crippen LogP contribution in [0.25, 0.3) is 0 Å². The summed E-state index contributed by atoms with van der Waals surface area (Å²) in [6.45, 7) is 3.61. The molecular formula is C19H23NO9Se. The van der Waals surface area contributed by atoms with E-state index in [2.05, 4.69) is 0 Å². The van der Waals surface area contributed by atoms with Crippen molar-refractivity contribution >= 4 is 41.9 Å². The fraction of sp³-hybridized carbons (Fsp3) is 0.526. The van der Waals surface area contributed by atoms with Gasteiger partial charge in [-0.05, 0) is 0 Å². The molecule has 11 heteroatoms. The van der Waals surface area contributed by atoms with Crippen LogP contribution in [0.15, 0.2) is 24.3 Å². The molecule has 30 heavy (non-hydrogen) atoms. The third-order valence-corrected chi connectivity index (χ3v) is 7.62. The topological polar surface area (TPSA) is 139 Å². The number of ether oxygens (including phenoxy) is 3. The van der Waals surface area contributed by atoms with Crippen molar-refractivity contribution < 1.29 is 37.4 Å². The molecule has 1 aromatic rings.